The van der Waals surface area contributed by atoms with Gasteiger partial charge in [0.2, 0.25) is 0 Å². The van der Waals surface area contributed by atoms with Crippen molar-refractivity contribution in [1.29, 1.82) is 0 Å². The maximum Gasteiger partial charge on any atom is 0.0492 e. The molecule has 0 aromatic carbocycles. The molecule has 2 heterocycles. The molecule has 3 rings (SSSR count). The number of nitrogens with zero attached hydrogens (tertiary/aromatic N) is 3. The Bertz CT molecular complexity index is 447. The molecule has 2 aliphatic rings. The monoisotopic (exact) mass is 290 g/mol. The molecule has 1 spiro atoms. The standard InChI is InChI=1S/C17H30N4/c1-15-6-11-18-17(9-4-3-5-10-17)14-21(15)13-8-16-7-12-19-20(16)2/h7,12,15,18H,3-6,8-11,13-14H2,1-2H3. The van der Waals surface area contributed by atoms with E-state index in [1.807, 2.05) is 17.9 Å². The molecule has 1 unspecified atom stereocenters. The van der Waals surface area contributed by atoms with Crippen LogP contribution in [0.4, 0.5) is 0 Å². The van der Waals surface area contributed by atoms with Crippen molar-refractivity contribution in [2.45, 2.75) is 63.5 Å². The van der Waals surface area contributed by atoms with Gasteiger partial charge in [-0.1, -0.05) is 19.3 Å². The lowest BCUT2D eigenvalue weighted by Crippen LogP contribution is -2.53. The van der Waals surface area contributed by atoms with Gasteiger partial charge in [0.25, 0.3) is 0 Å². The van der Waals surface area contributed by atoms with E-state index in [9.17, 15) is 0 Å². The summed E-state index contributed by atoms with van der Waals surface area (Å²) in [7, 11) is 2.05. The van der Waals surface area contributed by atoms with E-state index in [-0.39, 0.29) is 0 Å². The molecule has 1 saturated heterocycles. The molecule has 0 radical (unpaired) electrons. The van der Waals surface area contributed by atoms with E-state index in [1.54, 1.807) is 0 Å². The lowest BCUT2D eigenvalue weighted by Gasteiger charge is -2.41. The van der Waals surface area contributed by atoms with Gasteiger partial charge in [-0.3, -0.25) is 9.58 Å². The maximum absolute atomic E-state index is 4.29. The van der Waals surface area contributed by atoms with E-state index in [0.717, 1.165) is 13.0 Å². The molecule has 4 nitrogen and oxygen atoms in total. The van der Waals surface area contributed by atoms with Crippen LogP contribution in [0.3, 0.4) is 0 Å². The first-order valence-corrected chi connectivity index (χ1v) is 8.65. The smallest absolute Gasteiger partial charge is 0.0492 e. The Morgan fingerprint density at radius 2 is 2.14 bits per heavy atom. The van der Waals surface area contributed by atoms with E-state index in [0.29, 0.717) is 11.6 Å². The van der Waals surface area contributed by atoms with Gasteiger partial charge in [-0.2, -0.15) is 5.10 Å². The molecule has 1 aliphatic heterocycles. The van der Waals surface area contributed by atoms with Gasteiger partial charge in [0.05, 0.1) is 0 Å². The molecule has 0 bridgehead atoms. The van der Waals surface area contributed by atoms with Crippen LogP contribution in [0.2, 0.25) is 0 Å². The minimum absolute atomic E-state index is 0.398. The summed E-state index contributed by atoms with van der Waals surface area (Å²) in [6.45, 7) is 5.96. The van der Waals surface area contributed by atoms with Crippen molar-refractivity contribution in [3.63, 3.8) is 0 Å². The van der Waals surface area contributed by atoms with Crippen LogP contribution in [0, 0.1) is 0 Å². The zero-order chi connectivity index (χ0) is 14.7. The SMILES string of the molecule is CC1CCNC2(CCCCC2)CN1CCc1ccnn1C. The summed E-state index contributed by atoms with van der Waals surface area (Å²) >= 11 is 0. The predicted molar refractivity (Wildman–Crippen MR) is 86.4 cm³/mol. The molecule has 1 aromatic rings. The molecule has 1 saturated carbocycles. The molecule has 1 aliphatic carbocycles. The molecule has 21 heavy (non-hydrogen) atoms. The van der Waals surface area contributed by atoms with Crippen LogP contribution >= 0.6 is 0 Å². The Morgan fingerprint density at radius 3 is 2.86 bits per heavy atom. The Morgan fingerprint density at radius 1 is 1.33 bits per heavy atom. The van der Waals surface area contributed by atoms with Crippen LogP contribution < -0.4 is 5.32 Å². The summed E-state index contributed by atoms with van der Waals surface area (Å²) in [5.41, 5.74) is 1.74. The molecule has 0 amide bonds. The normalized spacial score (nSPS) is 26.9. The number of hydrogen-bond acceptors (Lipinski definition) is 3. The Balaban J connectivity index is 1.65. The third-order valence-electron chi connectivity index (χ3n) is 5.58. The summed E-state index contributed by atoms with van der Waals surface area (Å²) in [6, 6.07) is 2.84. The van der Waals surface area contributed by atoms with E-state index in [1.165, 1.54) is 57.3 Å². The highest BCUT2D eigenvalue weighted by Gasteiger charge is 2.36. The minimum Gasteiger partial charge on any atom is -0.310 e. The van der Waals surface area contributed by atoms with Gasteiger partial charge in [0.15, 0.2) is 0 Å². The van der Waals surface area contributed by atoms with Crippen molar-refractivity contribution in [2.75, 3.05) is 19.6 Å². The van der Waals surface area contributed by atoms with Gasteiger partial charge in [-0.05, 0) is 38.8 Å². The summed E-state index contributed by atoms with van der Waals surface area (Å²) in [5, 5.41) is 8.19. The number of nitrogens with one attached hydrogen (secondary N) is 1. The maximum atomic E-state index is 4.29. The number of aryl methyl sites for hydroxylation is 1. The Labute approximate surface area is 128 Å². The second-order valence-corrected chi connectivity index (χ2v) is 7.07. The molecule has 4 heteroatoms. The van der Waals surface area contributed by atoms with Crippen LogP contribution in [-0.4, -0.2) is 45.9 Å². The zero-order valence-electron chi connectivity index (χ0n) is 13.6. The average molecular weight is 290 g/mol. The molecular weight excluding hydrogens is 260 g/mol. The fourth-order valence-corrected chi connectivity index (χ4v) is 4.10. The number of rotatable bonds is 3. The fraction of sp³-hybridized carbons (Fsp3) is 0.824. The summed E-state index contributed by atoms with van der Waals surface area (Å²) in [4.78, 5) is 2.72. The lowest BCUT2D eigenvalue weighted by molar-refractivity contribution is 0.138. The first-order chi connectivity index (χ1) is 10.2. The second kappa shape index (κ2) is 6.49. The van der Waals surface area contributed by atoms with Crippen molar-refractivity contribution in [1.82, 2.24) is 20.0 Å². The minimum atomic E-state index is 0.398. The summed E-state index contributed by atoms with van der Waals surface area (Å²) in [5.74, 6) is 0. The quantitative estimate of drug-likeness (QED) is 0.927. The molecule has 118 valence electrons. The van der Waals surface area contributed by atoms with Gasteiger partial charge < -0.3 is 5.32 Å². The van der Waals surface area contributed by atoms with Gasteiger partial charge in [-0.15, -0.1) is 0 Å². The highest BCUT2D eigenvalue weighted by Crippen LogP contribution is 2.31. The van der Waals surface area contributed by atoms with Crippen molar-refractivity contribution < 1.29 is 0 Å². The predicted octanol–water partition coefficient (Wildman–Crippen LogP) is 2.35. The summed E-state index contributed by atoms with van der Waals surface area (Å²) < 4.78 is 2.01. The van der Waals surface area contributed by atoms with E-state index < -0.39 is 0 Å². The van der Waals surface area contributed by atoms with Gasteiger partial charge in [0, 0.05) is 50.0 Å². The van der Waals surface area contributed by atoms with Crippen molar-refractivity contribution in [3.8, 4) is 0 Å². The highest BCUT2D eigenvalue weighted by atomic mass is 15.3. The highest BCUT2D eigenvalue weighted by molar-refractivity contribution is 5.02. The van der Waals surface area contributed by atoms with Crippen LogP contribution in [-0.2, 0) is 13.5 Å². The summed E-state index contributed by atoms with van der Waals surface area (Å²) in [6.07, 6.45) is 11.2. The molecule has 2 fully saturated rings. The Kier molecular flexibility index (Phi) is 4.65. The van der Waals surface area contributed by atoms with Crippen LogP contribution in [0.5, 0.6) is 0 Å². The van der Waals surface area contributed by atoms with E-state index >= 15 is 0 Å². The van der Waals surface area contributed by atoms with Crippen LogP contribution in [0.1, 0.15) is 51.1 Å². The molecule has 1 atom stereocenters. The van der Waals surface area contributed by atoms with E-state index in [2.05, 4.69) is 28.3 Å². The van der Waals surface area contributed by atoms with Gasteiger partial charge >= 0.3 is 0 Å². The largest absolute Gasteiger partial charge is 0.310 e. The number of aromatic nitrogens is 2. The molecule has 1 aromatic heterocycles. The lowest BCUT2D eigenvalue weighted by atomic mass is 9.81. The topological polar surface area (TPSA) is 33.1 Å². The first-order valence-electron chi connectivity index (χ1n) is 8.65. The fourth-order valence-electron chi connectivity index (χ4n) is 4.10. The van der Waals surface area contributed by atoms with Gasteiger partial charge in [-0.25, -0.2) is 0 Å². The second-order valence-electron chi connectivity index (χ2n) is 7.07. The molecule has 1 N–H and O–H groups in total. The van der Waals surface area contributed by atoms with Crippen LogP contribution in [0.15, 0.2) is 12.3 Å². The number of hydrogen-bond donors (Lipinski definition) is 1. The first kappa shape index (κ1) is 15.0. The zero-order valence-corrected chi connectivity index (χ0v) is 13.6. The van der Waals surface area contributed by atoms with Crippen molar-refractivity contribution >= 4 is 0 Å². The molecular formula is C17H30N4. The van der Waals surface area contributed by atoms with Crippen molar-refractivity contribution in [2.24, 2.45) is 7.05 Å². The van der Waals surface area contributed by atoms with E-state index in [4.69, 9.17) is 0 Å². The van der Waals surface area contributed by atoms with Gasteiger partial charge in [0.1, 0.15) is 0 Å². The van der Waals surface area contributed by atoms with Crippen molar-refractivity contribution in [3.05, 3.63) is 18.0 Å². The average Bonchev–Trinajstić information content (AvgIpc) is 2.83. The third-order valence-corrected chi connectivity index (χ3v) is 5.58. The van der Waals surface area contributed by atoms with Crippen LogP contribution in [0.25, 0.3) is 0 Å². The third kappa shape index (κ3) is 3.49. The Hall–Kier alpha value is -0.870.